The quantitative estimate of drug-likeness (QED) is 0.879. The van der Waals surface area contributed by atoms with Crippen LogP contribution in [0.5, 0.6) is 0 Å². The third-order valence-electron chi connectivity index (χ3n) is 2.07. The molecule has 1 aromatic carbocycles. The molecule has 0 saturated heterocycles. The maximum absolute atomic E-state index is 10.1. The van der Waals surface area contributed by atoms with Gasteiger partial charge in [-0.25, -0.2) is 0 Å². The molecule has 1 atom stereocenters. The van der Waals surface area contributed by atoms with Crippen LogP contribution in [0.25, 0.3) is 0 Å². The Morgan fingerprint density at radius 3 is 2.67 bits per heavy atom. The molecule has 2 rings (SSSR count). The highest BCUT2D eigenvalue weighted by Crippen LogP contribution is 2.29. The van der Waals surface area contributed by atoms with Gasteiger partial charge >= 0.3 is 0 Å². The van der Waals surface area contributed by atoms with Crippen molar-refractivity contribution in [2.75, 3.05) is 0 Å². The summed E-state index contributed by atoms with van der Waals surface area (Å²) in [5.41, 5.74) is 1.70. The molecule has 0 aliphatic carbocycles. The average molecular weight is 304 g/mol. The van der Waals surface area contributed by atoms with E-state index in [-0.39, 0.29) is 0 Å². The molecular weight excluding hydrogens is 296 g/mol. The van der Waals surface area contributed by atoms with Crippen molar-refractivity contribution < 1.29 is 5.11 Å². The predicted octanol–water partition coefficient (Wildman–Crippen LogP) is 4.25. The number of aliphatic hydroxyl groups excluding tert-OH is 1. The summed E-state index contributed by atoms with van der Waals surface area (Å²) in [6.07, 6.45) is -0.605. The third-order valence-corrected chi connectivity index (χ3v) is 3.83. The van der Waals surface area contributed by atoms with Crippen molar-refractivity contribution in [2.45, 2.75) is 6.10 Å². The molecule has 1 N–H and O–H groups in total. The second kappa shape index (κ2) is 4.66. The van der Waals surface area contributed by atoms with Gasteiger partial charge in [0, 0.05) is 5.02 Å². The first-order valence-corrected chi connectivity index (χ1v) is 6.39. The Morgan fingerprint density at radius 2 is 2.07 bits per heavy atom. The molecule has 0 spiro atoms. The summed E-state index contributed by atoms with van der Waals surface area (Å²) in [5.74, 6) is 0. The molecule has 0 bridgehead atoms. The summed E-state index contributed by atoms with van der Waals surface area (Å²) in [5, 5.41) is 12.6. The van der Waals surface area contributed by atoms with Crippen LogP contribution in [0.4, 0.5) is 0 Å². The summed E-state index contributed by atoms with van der Waals surface area (Å²) >= 11 is 10.8. The molecule has 0 aliphatic heterocycles. The molecule has 0 saturated carbocycles. The zero-order chi connectivity index (χ0) is 10.8. The topological polar surface area (TPSA) is 20.2 Å². The SMILES string of the molecule is OC(c1cccc(Cl)c1)c1csc(Br)c1. The van der Waals surface area contributed by atoms with Crippen LogP contribution >= 0.6 is 38.9 Å². The van der Waals surface area contributed by atoms with Crippen LogP contribution in [-0.4, -0.2) is 5.11 Å². The predicted molar refractivity (Wildman–Crippen MR) is 67.5 cm³/mol. The first-order chi connectivity index (χ1) is 7.16. The zero-order valence-corrected chi connectivity index (χ0v) is 10.8. The van der Waals surface area contributed by atoms with Gasteiger partial charge in [-0.3, -0.25) is 0 Å². The molecule has 78 valence electrons. The number of aliphatic hydroxyl groups is 1. The standard InChI is InChI=1S/C11H8BrClOS/c12-10-5-8(6-15-10)11(14)7-2-1-3-9(13)4-7/h1-6,11,14H. The summed E-state index contributed by atoms with van der Waals surface area (Å²) in [4.78, 5) is 0. The van der Waals surface area contributed by atoms with Crippen LogP contribution in [0.1, 0.15) is 17.2 Å². The normalized spacial score (nSPS) is 12.7. The first-order valence-electron chi connectivity index (χ1n) is 4.34. The van der Waals surface area contributed by atoms with Crippen molar-refractivity contribution in [3.05, 3.63) is 55.6 Å². The van der Waals surface area contributed by atoms with E-state index in [1.807, 2.05) is 23.6 Å². The van der Waals surface area contributed by atoms with E-state index >= 15 is 0 Å². The largest absolute Gasteiger partial charge is 0.384 e. The van der Waals surface area contributed by atoms with Gasteiger partial charge in [-0.05, 0) is 50.6 Å². The first kappa shape index (κ1) is 11.1. The molecule has 4 heteroatoms. The Balaban J connectivity index is 2.32. The summed E-state index contributed by atoms with van der Waals surface area (Å²) in [6.45, 7) is 0. The van der Waals surface area contributed by atoms with Crippen LogP contribution in [0.3, 0.4) is 0 Å². The van der Waals surface area contributed by atoms with Gasteiger partial charge in [-0.15, -0.1) is 11.3 Å². The van der Waals surface area contributed by atoms with Gasteiger partial charge in [0.25, 0.3) is 0 Å². The van der Waals surface area contributed by atoms with Crippen molar-refractivity contribution in [3.8, 4) is 0 Å². The van der Waals surface area contributed by atoms with E-state index in [0.717, 1.165) is 14.9 Å². The lowest BCUT2D eigenvalue weighted by Crippen LogP contribution is -1.97. The molecule has 1 aromatic heterocycles. The molecule has 0 radical (unpaired) electrons. The molecule has 0 fully saturated rings. The number of thiophene rings is 1. The number of halogens is 2. The number of rotatable bonds is 2. The van der Waals surface area contributed by atoms with Crippen LogP contribution < -0.4 is 0 Å². The second-order valence-electron chi connectivity index (χ2n) is 3.14. The minimum absolute atomic E-state index is 0.605. The minimum atomic E-state index is -0.605. The second-order valence-corrected chi connectivity index (χ2v) is 5.87. The molecule has 1 unspecified atom stereocenters. The fraction of sp³-hybridized carbons (Fsp3) is 0.0909. The van der Waals surface area contributed by atoms with Gasteiger partial charge in [-0.1, -0.05) is 23.7 Å². The Kier molecular flexibility index (Phi) is 3.46. The van der Waals surface area contributed by atoms with Crippen LogP contribution in [0.2, 0.25) is 5.02 Å². The molecule has 0 aliphatic rings. The lowest BCUT2D eigenvalue weighted by molar-refractivity contribution is 0.221. The Morgan fingerprint density at radius 1 is 1.27 bits per heavy atom. The third kappa shape index (κ3) is 2.61. The van der Waals surface area contributed by atoms with Crippen LogP contribution in [0.15, 0.2) is 39.5 Å². The van der Waals surface area contributed by atoms with Gasteiger partial charge in [0.05, 0.1) is 3.79 Å². The fourth-order valence-electron chi connectivity index (χ4n) is 1.34. The van der Waals surface area contributed by atoms with E-state index < -0.39 is 6.10 Å². The molecule has 2 aromatic rings. The van der Waals surface area contributed by atoms with Gasteiger partial charge < -0.3 is 5.11 Å². The maximum atomic E-state index is 10.1. The molecule has 1 nitrogen and oxygen atoms in total. The summed E-state index contributed by atoms with van der Waals surface area (Å²) in [7, 11) is 0. The lowest BCUT2D eigenvalue weighted by atomic mass is 10.0. The van der Waals surface area contributed by atoms with E-state index in [1.54, 1.807) is 23.5 Å². The summed E-state index contributed by atoms with van der Waals surface area (Å²) < 4.78 is 1.01. The van der Waals surface area contributed by atoms with E-state index in [4.69, 9.17) is 11.6 Å². The molecular formula is C11H8BrClOS. The zero-order valence-electron chi connectivity index (χ0n) is 7.65. The van der Waals surface area contributed by atoms with Crippen molar-refractivity contribution in [2.24, 2.45) is 0 Å². The van der Waals surface area contributed by atoms with E-state index in [1.165, 1.54) is 0 Å². The van der Waals surface area contributed by atoms with Crippen LogP contribution in [-0.2, 0) is 0 Å². The van der Waals surface area contributed by atoms with Gasteiger partial charge in [0.2, 0.25) is 0 Å². The number of hydrogen-bond donors (Lipinski definition) is 1. The van der Waals surface area contributed by atoms with Gasteiger partial charge in [0.1, 0.15) is 6.10 Å². The Labute approximate surface area is 105 Å². The highest BCUT2D eigenvalue weighted by atomic mass is 79.9. The van der Waals surface area contributed by atoms with E-state index in [9.17, 15) is 5.11 Å². The monoisotopic (exact) mass is 302 g/mol. The van der Waals surface area contributed by atoms with Crippen molar-refractivity contribution in [1.82, 2.24) is 0 Å². The minimum Gasteiger partial charge on any atom is -0.384 e. The smallest absolute Gasteiger partial charge is 0.105 e. The highest BCUT2D eigenvalue weighted by Gasteiger charge is 2.11. The molecule has 1 heterocycles. The Hall–Kier alpha value is -0.350. The maximum Gasteiger partial charge on any atom is 0.105 e. The van der Waals surface area contributed by atoms with Gasteiger partial charge in [-0.2, -0.15) is 0 Å². The lowest BCUT2D eigenvalue weighted by Gasteiger charge is -2.09. The summed E-state index contributed by atoms with van der Waals surface area (Å²) in [6, 6.07) is 9.18. The number of hydrogen-bond acceptors (Lipinski definition) is 2. The van der Waals surface area contributed by atoms with Crippen LogP contribution in [0, 0.1) is 0 Å². The Bertz CT molecular complexity index is 469. The number of benzene rings is 1. The van der Waals surface area contributed by atoms with Gasteiger partial charge in [0.15, 0.2) is 0 Å². The van der Waals surface area contributed by atoms with Crippen molar-refractivity contribution >= 4 is 38.9 Å². The van der Waals surface area contributed by atoms with Crippen molar-refractivity contribution in [3.63, 3.8) is 0 Å². The molecule has 15 heavy (non-hydrogen) atoms. The fourth-order valence-corrected chi connectivity index (χ4v) is 2.73. The molecule has 0 amide bonds. The van der Waals surface area contributed by atoms with Crippen molar-refractivity contribution in [1.29, 1.82) is 0 Å². The van der Waals surface area contributed by atoms with E-state index in [0.29, 0.717) is 5.02 Å². The van der Waals surface area contributed by atoms with E-state index in [2.05, 4.69) is 15.9 Å². The average Bonchev–Trinajstić information content (AvgIpc) is 2.64. The highest BCUT2D eigenvalue weighted by molar-refractivity contribution is 9.11.